The first-order valence-electron chi connectivity index (χ1n) is 13.0. The number of allylic oxidation sites excluding steroid dienone is 2. The van der Waals surface area contributed by atoms with Gasteiger partial charge in [0.15, 0.2) is 0 Å². The molecule has 2 aromatic carbocycles. The van der Waals surface area contributed by atoms with Crippen LogP contribution in [0.3, 0.4) is 0 Å². The summed E-state index contributed by atoms with van der Waals surface area (Å²) in [7, 11) is 0. The number of benzene rings is 2. The van der Waals surface area contributed by atoms with E-state index in [1.807, 2.05) is 24.3 Å². The Balaban J connectivity index is 1.49. The molecule has 0 aliphatic heterocycles. The van der Waals surface area contributed by atoms with E-state index >= 15 is 0 Å². The molecule has 2 aliphatic rings. The molecule has 1 saturated carbocycles. The number of hydrogen-bond donors (Lipinski definition) is 0. The SMILES string of the molecule is C/C(=C\COCc1ccccc1)[C@@H]1C=C[C@@H]2[C@@H](OCc3ccccc3)[C@@H](C)C[C@H](C)[C@H]2[C@]1(C)C=O. The predicted octanol–water partition coefficient (Wildman–Crippen LogP) is 7.03. The Morgan fingerprint density at radius 2 is 1.57 bits per heavy atom. The minimum atomic E-state index is -0.465. The molecule has 0 radical (unpaired) electrons. The van der Waals surface area contributed by atoms with Crippen molar-refractivity contribution in [3.63, 3.8) is 0 Å². The van der Waals surface area contributed by atoms with Gasteiger partial charge >= 0.3 is 0 Å². The van der Waals surface area contributed by atoms with Crippen molar-refractivity contribution < 1.29 is 14.3 Å². The Morgan fingerprint density at radius 1 is 0.943 bits per heavy atom. The minimum absolute atomic E-state index is 0.0761. The van der Waals surface area contributed by atoms with E-state index in [2.05, 4.69) is 82.3 Å². The van der Waals surface area contributed by atoms with Crippen LogP contribution in [-0.2, 0) is 27.5 Å². The molecule has 3 heteroatoms. The van der Waals surface area contributed by atoms with Crippen LogP contribution in [0.5, 0.6) is 0 Å². The van der Waals surface area contributed by atoms with Crippen molar-refractivity contribution in [3.05, 3.63) is 95.6 Å². The molecule has 3 nitrogen and oxygen atoms in total. The number of rotatable bonds is 9. The molecule has 7 atom stereocenters. The highest BCUT2D eigenvalue weighted by molar-refractivity contribution is 5.63. The molecule has 0 bridgehead atoms. The van der Waals surface area contributed by atoms with E-state index in [0.29, 0.717) is 31.7 Å². The Kier molecular flexibility index (Phi) is 8.41. The summed E-state index contributed by atoms with van der Waals surface area (Å²) in [6.45, 7) is 10.7. The van der Waals surface area contributed by atoms with Crippen molar-refractivity contribution >= 4 is 6.29 Å². The second kappa shape index (κ2) is 11.5. The summed E-state index contributed by atoms with van der Waals surface area (Å²) >= 11 is 0. The predicted molar refractivity (Wildman–Crippen MR) is 142 cm³/mol. The fourth-order valence-corrected chi connectivity index (χ4v) is 6.65. The fourth-order valence-electron chi connectivity index (χ4n) is 6.65. The Labute approximate surface area is 211 Å². The van der Waals surface area contributed by atoms with Gasteiger partial charge in [0.25, 0.3) is 0 Å². The molecular formula is C32H40O3. The van der Waals surface area contributed by atoms with Crippen molar-refractivity contribution in [1.82, 2.24) is 0 Å². The maximum atomic E-state index is 12.7. The van der Waals surface area contributed by atoms with Crippen molar-refractivity contribution in [1.29, 1.82) is 0 Å². The highest BCUT2D eigenvalue weighted by Crippen LogP contribution is 2.55. The zero-order chi connectivity index (χ0) is 24.8. The normalized spacial score (nSPS) is 32.7. The molecular weight excluding hydrogens is 432 g/mol. The number of ether oxygens (including phenoxy) is 2. The van der Waals surface area contributed by atoms with E-state index in [1.54, 1.807) is 0 Å². The third-order valence-electron chi connectivity index (χ3n) is 8.29. The van der Waals surface area contributed by atoms with E-state index < -0.39 is 5.41 Å². The molecule has 0 unspecified atom stereocenters. The number of carbonyl (C=O) groups excluding carboxylic acids is 1. The van der Waals surface area contributed by atoms with Crippen LogP contribution in [0.15, 0.2) is 84.5 Å². The third-order valence-corrected chi connectivity index (χ3v) is 8.29. The average molecular weight is 473 g/mol. The summed E-state index contributed by atoms with van der Waals surface area (Å²) in [6.07, 6.45) is 9.19. The van der Waals surface area contributed by atoms with Crippen LogP contribution < -0.4 is 0 Å². The Morgan fingerprint density at radius 3 is 2.20 bits per heavy atom. The lowest BCUT2D eigenvalue weighted by Crippen LogP contribution is -2.54. The van der Waals surface area contributed by atoms with Gasteiger partial charge in [0, 0.05) is 17.3 Å². The summed E-state index contributed by atoms with van der Waals surface area (Å²) in [5, 5.41) is 0. The van der Waals surface area contributed by atoms with Gasteiger partial charge in [0.05, 0.1) is 25.9 Å². The summed E-state index contributed by atoms with van der Waals surface area (Å²) in [5.41, 5.74) is 3.10. The molecule has 4 rings (SSSR count). The van der Waals surface area contributed by atoms with Gasteiger partial charge in [-0.2, -0.15) is 0 Å². The van der Waals surface area contributed by atoms with E-state index in [0.717, 1.165) is 6.42 Å². The van der Waals surface area contributed by atoms with Crippen LogP contribution in [0, 0.1) is 35.0 Å². The fraction of sp³-hybridized carbons (Fsp3) is 0.469. The van der Waals surface area contributed by atoms with E-state index in [-0.39, 0.29) is 23.9 Å². The van der Waals surface area contributed by atoms with Gasteiger partial charge < -0.3 is 14.3 Å². The van der Waals surface area contributed by atoms with Crippen LogP contribution in [0.1, 0.15) is 45.2 Å². The number of carbonyl (C=O) groups is 1. The molecule has 2 aromatic rings. The molecule has 35 heavy (non-hydrogen) atoms. The number of fused-ring (bicyclic) bond motifs is 1. The lowest BCUT2D eigenvalue weighted by molar-refractivity contribution is -0.137. The molecule has 1 fully saturated rings. The molecule has 186 valence electrons. The maximum absolute atomic E-state index is 12.7. The standard InChI is InChI=1S/C32H40O3/c1-23(17-18-34-20-26-11-7-5-8-12-26)29-16-15-28-30(32(29,4)22-33)24(2)19-25(3)31(28)35-21-27-13-9-6-10-14-27/h5-17,22,24-25,28-31H,18-21H2,1-4H3/b23-17+/t24-,25-,28-,29-,30+,31-,32+/m0/s1. The Bertz CT molecular complexity index is 1010. The minimum Gasteiger partial charge on any atom is -0.373 e. The van der Waals surface area contributed by atoms with Crippen LogP contribution in [0.2, 0.25) is 0 Å². The van der Waals surface area contributed by atoms with Crippen LogP contribution in [0.25, 0.3) is 0 Å². The molecule has 0 amide bonds. The quantitative estimate of drug-likeness (QED) is 0.223. The second-order valence-corrected chi connectivity index (χ2v) is 10.8. The molecule has 0 aromatic heterocycles. The van der Waals surface area contributed by atoms with Crippen LogP contribution >= 0.6 is 0 Å². The monoisotopic (exact) mass is 472 g/mol. The van der Waals surface area contributed by atoms with Gasteiger partial charge in [0.2, 0.25) is 0 Å². The molecule has 0 N–H and O–H groups in total. The lowest BCUT2D eigenvalue weighted by Gasteiger charge is -2.54. The molecule has 2 aliphatic carbocycles. The molecule has 0 heterocycles. The van der Waals surface area contributed by atoms with Gasteiger partial charge in [-0.05, 0) is 42.2 Å². The van der Waals surface area contributed by atoms with Crippen molar-refractivity contribution in [2.75, 3.05) is 6.61 Å². The van der Waals surface area contributed by atoms with E-state index in [4.69, 9.17) is 9.47 Å². The highest BCUT2D eigenvalue weighted by atomic mass is 16.5. The maximum Gasteiger partial charge on any atom is 0.127 e. The van der Waals surface area contributed by atoms with Crippen molar-refractivity contribution in [2.24, 2.45) is 35.0 Å². The number of hydrogen-bond acceptors (Lipinski definition) is 3. The first kappa shape index (κ1) is 25.6. The van der Waals surface area contributed by atoms with Gasteiger partial charge in [-0.15, -0.1) is 0 Å². The Hall–Kier alpha value is -2.49. The van der Waals surface area contributed by atoms with Gasteiger partial charge in [-0.3, -0.25) is 0 Å². The first-order valence-corrected chi connectivity index (χ1v) is 13.0. The first-order chi connectivity index (χ1) is 16.9. The van der Waals surface area contributed by atoms with E-state index in [9.17, 15) is 4.79 Å². The smallest absolute Gasteiger partial charge is 0.127 e. The van der Waals surface area contributed by atoms with Crippen molar-refractivity contribution in [2.45, 2.75) is 53.4 Å². The molecule has 0 spiro atoms. The highest BCUT2D eigenvalue weighted by Gasteiger charge is 2.54. The van der Waals surface area contributed by atoms with E-state index in [1.165, 1.54) is 23.0 Å². The van der Waals surface area contributed by atoms with Gasteiger partial charge in [-0.25, -0.2) is 0 Å². The van der Waals surface area contributed by atoms with Crippen LogP contribution in [0.4, 0.5) is 0 Å². The summed E-state index contributed by atoms with van der Waals surface area (Å²) in [5.74, 6) is 1.48. The second-order valence-electron chi connectivity index (χ2n) is 10.8. The van der Waals surface area contributed by atoms with Crippen molar-refractivity contribution in [3.8, 4) is 0 Å². The zero-order valence-electron chi connectivity index (χ0n) is 21.6. The largest absolute Gasteiger partial charge is 0.373 e. The zero-order valence-corrected chi connectivity index (χ0v) is 21.6. The third kappa shape index (κ3) is 5.68. The summed E-state index contributed by atoms with van der Waals surface area (Å²) < 4.78 is 12.5. The van der Waals surface area contributed by atoms with Crippen LogP contribution in [-0.4, -0.2) is 19.0 Å². The average Bonchev–Trinajstić information content (AvgIpc) is 2.87. The topological polar surface area (TPSA) is 35.5 Å². The van der Waals surface area contributed by atoms with Gasteiger partial charge in [0.1, 0.15) is 6.29 Å². The summed E-state index contributed by atoms with van der Waals surface area (Å²) in [4.78, 5) is 12.7. The number of aldehydes is 1. The lowest BCUT2D eigenvalue weighted by atomic mass is 9.51. The molecule has 0 saturated heterocycles. The van der Waals surface area contributed by atoms with Gasteiger partial charge in [-0.1, -0.05) is 105 Å². The summed E-state index contributed by atoms with van der Waals surface area (Å²) in [6, 6.07) is 20.6.